The summed E-state index contributed by atoms with van der Waals surface area (Å²) in [5.41, 5.74) is -2.69. The summed E-state index contributed by atoms with van der Waals surface area (Å²) >= 11 is 15.5. The van der Waals surface area contributed by atoms with E-state index >= 15 is 0 Å². The molecule has 0 unspecified atom stereocenters. The molecule has 22 heavy (non-hydrogen) atoms. The molecule has 124 valence electrons. The van der Waals surface area contributed by atoms with Gasteiger partial charge >= 0.3 is 18.0 Å². The number of nitrogens with two attached hydrogens (primary N) is 1. The number of thiocarbonyl (C=S) groups is 1. The van der Waals surface area contributed by atoms with Gasteiger partial charge in [-0.15, -0.1) is 0 Å². The SMILES string of the molecule is NC(=S)Nc1c(Cl)cc(C(F)(C(F)(F)F)C(F)(F)F)cc1Cl. The van der Waals surface area contributed by atoms with Crippen LogP contribution >= 0.6 is 35.4 Å². The van der Waals surface area contributed by atoms with Crippen molar-refractivity contribution in [1.29, 1.82) is 0 Å². The molecule has 0 atom stereocenters. The Morgan fingerprint density at radius 1 is 0.955 bits per heavy atom. The second-order valence-electron chi connectivity index (χ2n) is 3.96. The second kappa shape index (κ2) is 5.89. The molecule has 0 saturated carbocycles. The highest BCUT2D eigenvalue weighted by molar-refractivity contribution is 7.80. The maximum atomic E-state index is 13.9. The van der Waals surface area contributed by atoms with Crippen molar-refractivity contribution in [3.05, 3.63) is 27.7 Å². The van der Waals surface area contributed by atoms with E-state index in [1.807, 2.05) is 0 Å². The van der Waals surface area contributed by atoms with Gasteiger partial charge in [0.05, 0.1) is 15.7 Å². The van der Waals surface area contributed by atoms with Crippen LogP contribution in [-0.2, 0) is 5.67 Å². The molecule has 2 nitrogen and oxygen atoms in total. The molecule has 0 aliphatic rings. The molecular formula is C10H5Cl2F7N2S. The minimum atomic E-state index is -6.27. The average molecular weight is 389 g/mol. The van der Waals surface area contributed by atoms with Crippen molar-refractivity contribution < 1.29 is 30.7 Å². The average Bonchev–Trinajstić information content (AvgIpc) is 2.29. The van der Waals surface area contributed by atoms with Crippen LogP contribution in [0, 0.1) is 0 Å². The zero-order valence-electron chi connectivity index (χ0n) is 10.0. The molecule has 1 aromatic rings. The van der Waals surface area contributed by atoms with Gasteiger partial charge in [-0.3, -0.25) is 0 Å². The fourth-order valence-electron chi connectivity index (χ4n) is 1.50. The third-order valence-electron chi connectivity index (χ3n) is 2.47. The predicted octanol–water partition coefficient (Wildman–Crippen LogP) is 4.94. The molecule has 3 N–H and O–H groups in total. The summed E-state index contributed by atoms with van der Waals surface area (Å²) in [7, 11) is 0. The Morgan fingerprint density at radius 2 is 1.32 bits per heavy atom. The van der Waals surface area contributed by atoms with E-state index in [9.17, 15) is 30.7 Å². The fraction of sp³-hybridized carbons (Fsp3) is 0.300. The van der Waals surface area contributed by atoms with Crippen LogP contribution in [0.3, 0.4) is 0 Å². The molecule has 0 fully saturated rings. The number of nitrogens with one attached hydrogen (secondary N) is 1. The lowest BCUT2D eigenvalue weighted by atomic mass is 9.94. The first-order valence-corrected chi connectivity index (χ1v) is 6.26. The summed E-state index contributed by atoms with van der Waals surface area (Å²) in [4.78, 5) is 0. The summed E-state index contributed by atoms with van der Waals surface area (Å²) in [5.74, 6) is 0. The van der Waals surface area contributed by atoms with Gasteiger partial charge in [0, 0.05) is 5.56 Å². The molecule has 0 bridgehead atoms. The molecule has 0 spiro atoms. The summed E-state index contributed by atoms with van der Waals surface area (Å²) in [6.45, 7) is 0. The molecule has 0 radical (unpaired) electrons. The lowest BCUT2D eigenvalue weighted by molar-refractivity contribution is -0.348. The first-order chi connectivity index (χ1) is 9.71. The zero-order chi connectivity index (χ0) is 17.5. The summed E-state index contributed by atoms with van der Waals surface area (Å²) in [5, 5.41) is 0.330. The predicted molar refractivity (Wildman–Crippen MR) is 71.8 cm³/mol. The van der Waals surface area contributed by atoms with Crippen LogP contribution in [0.4, 0.5) is 36.4 Å². The van der Waals surface area contributed by atoms with Crippen molar-refractivity contribution in [2.75, 3.05) is 5.32 Å². The van der Waals surface area contributed by atoms with Gasteiger partial charge in [0.1, 0.15) is 0 Å². The van der Waals surface area contributed by atoms with Gasteiger partial charge in [0.2, 0.25) is 0 Å². The highest BCUT2D eigenvalue weighted by Crippen LogP contribution is 2.54. The number of alkyl halides is 7. The Kier molecular flexibility index (Phi) is 5.10. The Morgan fingerprint density at radius 3 is 1.59 bits per heavy atom. The van der Waals surface area contributed by atoms with Crippen LogP contribution in [0.5, 0.6) is 0 Å². The molecule has 0 aromatic heterocycles. The molecule has 0 aliphatic heterocycles. The lowest BCUT2D eigenvalue weighted by Crippen LogP contribution is -2.50. The van der Waals surface area contributed by atoms with Crippen molar-refractivity contribution in [2.45, 2.75) is 18.0 Å². The van der Waals surface area contributed by atoms with E-state index in [1.165, 1.54) is 0 Å². The smallest absolute Gasteiger partial charge is 0.376 e. The standard InChI is InChI=1S/C10H5Cl2F7N2S/c11-4-1-3(2-5(12)6(4)21-7(20)22)8(13,9(14,15)16)10(17,18)19/h1-2H,(H3,20,21,22). The van der Waals surface area contributed by atoms with E-state index in [-0.39, 0.29) is 17.8 Å². The topological polar surface area (TPSA) is 38.0 Å². The van der Waals surface area contributed by atoms with E-state index in [0.29, 0.717) is 0 Å². The Balaban J connectivity index is 3.58. The maximum absolute atomic E-state index is 13.9. The first kappa shape index (κ1) is 19.0. The van der Waals surface area contributed by atoms with Crippen LogP contribution in [0.2, 0.25) is 10.0 Å². The molecule has 0 heterocycles. The number of benzene rings is 1. The highest BCUT2D eigenvalue weighted by atomic mass is 35.5. The van der Waals surface area contributed by atoms with Crippen molar-refractivity contribution in [1.82, 2.24) is 0 Å². The van der Waals surface area contributed by atoms with E-state index in [0.717, 1.165) is 0 Å². The van der Waals surface area contributed by atoms with Gasteiger partial charge in [-0.25, -0.2) is 4.39 Å². The van der Waals surface area contributed by atoms with Crippen molar-refractivity contribution in [3.63, 3.8) is 0 Å². The minimum Gasteiger partial charge on any atom is -0.376 e. The van der Waals surface area contributed by atoms with Crippen molar-refractivity contribution >= 4 is 46.2 Å². The van der Waals surface area contributed by atoms with Gasteiger partial charge in [0.15, 0.2) is 5.11 Å². The molecule has 1 aromatic carbocycles. The Hall–Kier alpha value is -1.00. The summed E-state index contributed by atoms with van der Waals surface area (Å²) < 4.78 is 89.6. The third kappa shape index (κ3) is 3.33. The van der Waals surface area contributed by atoms with Crippen LogP contribution in [0.1, 0.15) is 5.56 Å². The Labute approximate surface area is 134 Å². The van der Waals surface area contributed by atoms with Gasteiger partial charge in [-0.1, -0.05) is 23.2 Å². The summed E-state index contributed by atoms with van der Waals surface area (Å²) in [6, 6.07) is 0.296. The molecule has 1 rings (SSSR count). The van der Waals surface area contributed by atoms with Crippen molar-refractivity contribution in [2.24, 2.45) is 5.73 Å². The number of rotatable bonds is 2. The van der Waals surface area contributed by atoms with Crippen LogP contribution in [-0.4, -0.2) is 17.5 Å². The largest absolute Gasteiger partial charge is 0.435 e. The summed E-state index contributed by atoms with van der Waals surface area (Å²) in [6.07, 6.45) is -12.5. The van der Waals surface area contributed by atoms with Crippen LogP contribution in [0.25, 0.3) is 0 Å². The lowest BCUT2D eigenvalue weighted by Gasteiger charge is -2.30. The van der Waals surface area contributed by atoms with Gasteiger partial charge in [-0.05, 0) is 24.4 Å². The number of hydrogen-bond donors (Lipinski definition) is 2. The maximum Gasteiger partial charge on any atom is 0.435 e. The number of halogens is 9. The van der Waals surface area contributed by atoms with Gasteiger partial charge in [-0.2, -0.15) is 26.3 Å². The molecule has 0 saturated heterocycles. The van der Waals surface area contributed by atoms with Crippen LogP contribution < -0.4 is 11.1 Å². The second-order valence-corrected chi connectivity index (χ2v) is 5.21. The quantitative estimate of drug-likeness (QED) is 0.556. The minimum absolute atomic E-state index is 0.148. The number of hydrogen-bond acceptors (Lipinski definition) is 1. The highest BCUT2D eigenvalue weighted by Gasteiger charge is 2.73. The Bertz CT molecular complexity index is 563. The molecular weight excluding hydrogens is 384 g/mol. The van der Waals surface area contributed by atoms with Crippen molar-refractivity contribution in [3.8, 4) is 0 Å². The third-order valence-corrected chi connectivity index (χ3v) is 3.17. The van der Waals surface area contributed by atoms with Gasteiger partial charge < -0.3 is 11.1 Å². The first-order valence-electron chi connectivity index (χ1n) is 5.10. The molecule has 0 aliphatic carbocycles. The number of anilines is 1. The van der Waals surface area contributed by atoms with E-state index in [1.54, 1.807) is 0 Å². The normalized spacial score (nSPS) is 13.1. The molecule has 0 amide bonds. The van der Waals surface area contributed by atoms with Crippen LogP contribution in [0.15, 0.2) is 12.1 Å². The van der Waals surface area contributed by atoms with E-state index in [4.69, 9.17) is 28.9 Å². The van der Waals surface area contributed by atoms with E-state index < -0.39 is 38.7 Å². The van der Waals surface area contributed by atoms with E-state index in [2.05, 4.69) is 17.5 Å². The fourth-order valence-corrected chi connectivity index (χ4v) is 2.19. The van der Waals surface area contributed by atoms with Gasteiger partial charge in [0.25, 0.3) is 0 Å². The zero-order valence-corrected chi connectivity index (χ0v) is 12.4. The monoisotopic (exact) mass is 388 g/mol. The molecule has 12 heteroatoms.